The summed E-state index contributed by atoms with van der Waals surface area (Å²) in [5.74, 6) is 1.23. The van der Waals surface area contributed by atoms with Crippen molar-refractivity contribution >= 4 is 11.6 Å². The molecule has 1 fully saturated rings. The standard InChI is InChI=1S/C16H25ClN2O2/c1-10(2)19-9-5-6-12(18)15(19)11-7-8-13(20-3)16(21-4)14(11)17/h7-8,10,12,15H,5-6,9,18H2,1-4H3. The maximum Gasteiger partial charge on any atom is 0.179 e. The highest BCUT2D eigenvalue weighted by Crippen LogP contribution is 2.43. The predicted octanol–water partition coefficient (Wildman–Crippen LogP) is 3.23. The molecular weight excluding hydrogens is 288 g/mol. The smallest absolute Gasteiger partial charge is 0.179 e. The van der Waals surface area contributed by atoms with Crippen LogP contribution in [0, 0.1) is 0 Å². The lowest BCUT2D eigenvalue weighted by Crippen LogP contribution is -2.48. The Morgan fingerprint density at radius 2 is 2.00 bits per heavy atom. The van der Waals surface area contributed by atoms with E-state index in [2.05, 4.69) is 18.7 Å². The van der Waals surface area contributed by atoms with Crippen LogP contribution < -0.4 is 15.2 Å². The van der Waals surface area contributed by atoms with Gasteiger partial charge in [-0.3, -0.25) is 4.90 Å². The summed E-state index contributed by atoms with van der Waals surface area (Å²) in [6.45, 7) is 5.43. The van der Waals surface area contributed by atoms with Crippen LogP contribution in [0.3, 0.4) is 0 Å². The molecule has 1 heterocycles. The van der Waals surface area contributed by atoms with Gasteiger partial charge in [0.1, 0.15) is 0 Å². The monoisotopic (exact) mass is 312 g/mol. The van der Waals surface area contributed by atoms with Gasteiger partial charge in [-0.05, 0) is 44.9 Å². The van der Waals surface area contributed by atoms with E-state index in [-0.39, 0.29) is 12.1 Å². The third kappa shape index (κ3) is 3.12. The van der Waals surface area contributed by atoms with Crippen LogP contribution in [-0.2, 0) is 0 Å². The molecule has 1 saturated heterocycles. The van der Waals surface area contributed by atoms with Crippen molar-refractivity contribution in [2.45, 2.75) is 44.8 Å². The number of likely N-dealkylation sites (tertiary alicyclic amines) is 1. The number of halogens is 1. The molecule has 2 unspecified atom stereocenters. The zero-order valence-corrected chi connectivity index (χ0v) is 14.0. The topological polar surface area (TPSA) is 47.7 Å². The van der Waals surface area contributed by atoms with Crippen LogP contribution in [0.15, 0.2) is 12.1 Å². The van der Waals surface area contributed by atoms with Gasteiger partial charge < -0.3 is 15.2 Å². The number of benzene rings is 1. The zero-order valence-electron chi connectivity index (χ0n) is 13.2. The van der Waals surface area contributed by atoms with Crippen molar-refractivity contribution in [3.05, 3.63) is 22.7 Å². The van der Waals surface area contributed by atoms with Crippen molar-refractivity contribution in [1.82, 2.24) is 4.90 Å². The second-order valence-electron chi connectivity index (χ2n) is 5.79. The van der Waals surface area contributed by atoms with Gasteiger partial charge in [-0.25, -0.2) is 0 Å². The number of rotatable bonds is 4. The van der Waals surface area contributed by atoms with Gasteiger partial charge in [0, 0.05) is 12.1 Å². The first-order valence-electron chi connectivity index (χ1n) is 7.43. The van der Waals surface area contributed by atoms with Gasteiger partial charge in [0.15, 0.2) is 11.5 Å². The van der Waals surface area contributed by atoms with E-state index in [0.717, 1.165) is 24.9 Å². The highest BCUT2D eigenvalue weighted by atomic mass is 35.5. The second kappa shape index (κ2) is 6.86. The normalized spacial score (nSPS) is 23.4. The lowest BCUT2D eigenvalue weighted by Gasteiger charge is -2.43. The Hall–Kier alpha value is -0.970. The fourth-order valence-corrected chi connectivity index (χ4v) is 3.52. The van der Waals surface area contributed by atoms with Gasteiger partial charge in [0.25, 0.3) is 0 Å². The Bertz CT molecular complexity index is 493. The Balaban J connectivity index is 2.47. The molecular formula is C16H25ClN2O2. The number of ether oxygens (including phenoxy) is 2. The van der Waals surface area contributed by atoms with Crippen molar-refractivity contribution in [3.63, 3.8) is 0 Å². The Labute approximate surface area is 132 Å². The number of hydrogen-bond acceptors (Lipinski definition) is 4. The molecule has 0 aromatic heterocycles. The van der Waals surface area contributed by atoms with Gasteiger partial charge in [-0.15, -0.1) is 0 Å². The molecule has 0 aliphatic carbocycles. The minimum Gasteiger partial charge on any atom is -0.493 e. The average Bonchev–Trinajstić information content (AvgIpc) is 2.47. The maximum absolute atomic E-state index is 6.57. The molecule has 0 saturated carbocycles. The van der Waals surface area contributed by atoms with Gasteiger partial charge in [-0.1, -0.05) is 17.7 Å². The molecule has 2 N–H and O–H groups in total. The van der Waals surface area contributed by atoms with Crippen molar-refractivity contribution in [3.8, 4) is 11.5 Å². The summed E-state index contributed by atoms with van der Waals surface area (Å²) >= 11 is 6.57. The van der Waals surface area contributed by atoms with E-state index >= 15 is 0 Å². The van der Waals surface area contributed by atoms with Crippen molar-refractivity contribution in [2.75, 3.05) is 20.8 Å². The molecule has 1 aliphatic heterocycles. The highest BCUT2D eigenvalue weighted by molar-refractivity contribution is 6.33. The number of hydrogen-bond donors (Lipinski definition) is 1. The lowest BCUT2D eigenvalue weighted by atomic mass is 9.89. The largest absolute Gasteiger partial charge is 0.493 e. The molecule has 4 nitrogen and oxygen atoms in total. The van der Waals surface area contributed by atoms with Crippen LogP contribution in [0.25, 0.3) is 0 Å². The van der Waals surface area contributed by atoms with E-state index in [1.54, 1.807) is 14.2 Å². The second-order valence-corrected chi connectivity index (χ2v) is 6.16. The number of piperidine rings is 1. The molecule has 0 bridgehead atoms. The molecule has 0 radical (unpaired) electrons. The third-order valence-electron chi connectivity index (χ3n) is 4.21. The summed E-state index contributed by atoms with van der Waals surface area (Å²) in [6.07, 6.45) is 2.14. The third-order valence-corrected chi connectivity index (χ3v) is 4.60. The molecule has 1 aromatic carbocycles. The van der Waals surface area contributed by atoms with Crippen LogP contribution in [0.1, 0.15) is 38.3 Å². The number of nitrogens with zero attached hydrogens (tertiary/aromatic N) is 1. The first-order chi connectivity index (χ1) is 10.0. The van der Waals surface area contributed by atoms with Crippen molar-refractivity contribution in [1.29, 1.82) is 0 Å². The van der Waals surface area contributed by atoms with E-state index in [1.165, 1.54) is 0 Å². The molecule has 1 aromatic rings. The quantitative estimate of drug-likeness (QED) is 0.927. The molecule has 5 heteroatoms. The van der Waals surface area contributed by atoms with Gasteiger partial charge >= 0.3 is 0 Å². The van der Waals surface area contributed by atoms with Gasteiger partial charge in [0.2, 0.25) is 0 Å². The Morgan fingerprint density at radius 1 is 1.29 bits per heavy atom. The summed E-state index contributed by atoms with van der Waals surface area (Å²) in [4.78, 5) is 2.42. The van der Waals surface area contributed by atoms with E-state index in [9.17, 15) is 0 Å². The average molecular weight is 313 g/mol. The summed E-state index contributed by atoms with van der Waals surface area (Å²) in [7, 11) is 3.22. The molecule has 21 heavy (non-hydrogen) atoms. The summed E-state index contributed by atoms with van der Waals surface area (Å²) in [5.41, 5.74) is 7.42. The van der Waals surface area contributed by atoms with Crippen LogP contribution in [0.2, 0.25) is 5.02 Å². The fraction of sp³-hybridized carbons (Fsp3) is 0.625. The Kier molecular flexibility index (Phi) is 5.36. The number of nitrogens with two attached hydrogens (primary N) is 1. The van der Waals surface area contributed by atoms with Crippen molar-refractivity contribution < 1.29 is 9.47 Å². The molecule has 1 aliphatic rings. The zero-order chi connectivity index (χ0) is 15.6. The predicted molar refractivity (Wildman–Crippen MR) is 86.3 cm³/mol. The summed E-state index contributed by atoms with van der Waals surface area (Å²) in [6, 6.07) is 4.53. The first kappa shape index (κ1) is 16.4. The molecule has 2 rings (SSSR count). The van der Waals surface area contributed by atoms with Crippen LogP contribution >= 0.6 is 11.6 Å². The SMILES string of the molecule is COc1ccc(C2C(N)CCCN2C(C)C)c(Cl)c1OC. The van der Waals surface area contributed by atoms with Crippen LogP contribution in [0.5, 0.6) is 11.5 Å². The molecule has 118 valence electrons. The van der Waals surface area contributed by atoms with E-state index < -0.39 is 0 Å². The summed E-state index contributed by atoms with van der Waals surface area (Å²) in [5, 5.41) is 0.602. The van der Waals surface area contributed by atoms with Crippen LogP contribution in [0.4, 0.5) is 0 Å². The van der Waals surface area contributed by atoms with Crippen molar-refractivity contribution in [2.24, 2.45) is 5.73 Å². The molecule has 0 spiro atoms. The maximum atomic E-state index is 6.57. The number of methoxy groups -OCH3 is 2. The summed E-state index contributed by atoms with van der Waals surface area (Å²) < 4.78 is 10.7. The van der Waals surface area contributed by atoms with Gasteiger partial charge in [0.05, 0.1) is 25.3 Å². The fourth-order valence-electron chi connectivity index (χ4n) is 3.17. The Morgan fingerprint density at radius 3 is 2.57 bits per heavy atom. The van der Waals surface area contributed by atoms with Crippen LogP contribution in [-0.4, -0.2) is 37.7 Å². The molecule has 2 atom stereocenters. The van der Waals surface area contributed by atoms with Gasteiger partial charge in [-0.2, -0.15) is 0 Å². The highest BCUT2D eigenvalue weighted by Gasteiger charge is 2.34. The minimum absolute atomic E-state index is 0.0803. The molecule has 0 amide bonds. The van der Waals surface area contributed by atoms with E-state index in [4.69, 9.17) is 26.8 Å². The van der Waals surface area contributed by atoms with E-state index in [0.29, 0.717) is 22.6 Å². The van der Waals surface area contributed by atoms with E-state index in [1.807, 2.05) is 12.1 Å². The minimum atomic E-state index is 0.0803. The lowest BCUT2D eigenvalue weighted by molar-refractivity contribution is 0.0945. The first-order valence-corrected chi connectivity index (χ1v) is 7.80.